The molecule has 0 aromatic rings. The summed E-state index contributed by atoms with van der Waals surface area (Å²) in [5.41, 5.74) is 0. The van der Waals surface area contributed by atoms with Crippen LogP contribution in [-0.4, -0.2) is 68.5 Å². The molecule has 334 valence electrons. The standard InChI is InChI=1S/C47H95N2O6P/c1-6-8-10-12-14-16-18-20-21-22-23-24-25-26-27-29-31-33-35-37-39-41-47(51)48-45(44-55-56(52,53)54-43-42-49(3,4)5)46(50)40-38-36-34-32-30-28-19-17-15-13-11-9-7-2/h38,40,45-46,50H,6-37,39,41-44H2,1-5H3,(H-,48,51,52,53)/b40-38+. The number of carbonyl (C=O) groups excluding carboxylic acids is 1. The molecule has 0 rings (SSSR count). The molecular formula is C47H95N2O6P. The van der Waals surface area contributed by atoms with E-state index < -0.39 is 20.0 Å². The van der Waals surface area contributed by atoms with Gasteiger partial charge in [-0.05, 0) is 19.3 Å². The predicted molar refractivity (Wildman–Crippen MR) is 238 cm³/mol. The molecule has 0 bridgehead atoms. The Morgan fingerprint density at radius 1 is 0.607 bits per heavy atom. The molecule has 56 heavy (non-hydrogen) atoms. The largest absolute Gasteiger partial charge is 0.756 e. The number of hydrogen-bond acceptors (Lipinski definition) is 6. The van der Waals surface area contributed by atoms with Crippen molar-refractivity contribution in [2.24, 2.45) is 0 Å². The van der Waals surface area contributed by atoms with Gasteiger partial charge in [0, 0.05) is 6.42 Å². The number of nitrogens with zero attached hydrogens (tertiary/aromatic N) is 1. The molecule has 3 unspecified atom stereocenters. The summed E-state index contributed by atoms with van der Waals surface area (Å²) in [4.78, 5) is 25.3. The van der Waals surface area contributed by atoms with E-state index in [1.165, 1.54) is 173 Å². The molecule has 0 heterocycles. The average molecular weight is 815 g/mol. The van der Waals surface area contributed by atoms with E-state index in [-0.39, 0.29) is 19.1 Å². The van der Waals surface area contributed by atoms with Crippen molar-refractivity contribution >= 4 is 13.7 Å². The lowest BCUT2D eigenvalue weighted by Crippen LogP contribution is -2.45. The number of allylic oxidation sites excluding steroid dienone is 1. The van der Waals surface area contributed by atoms with Crippen molar-refractivity contribution in [3.63, 3.8) is 0 Å². The molecule has 0 saturated heterocycles. The molecule has 8 nitrogen and oxygen atoms in total. The van der Waals surface area contributed by atoms with Gasteiger partial charge in [0.05, 0.1) is 39.9 Å². The fourth-order valence-corrected chi connectivity index (χ4v) is 7.88. The number of rotatable bonds is 44. The highest BCUT2D eigenvalue weighted by Gasteiger charge is 2.23. The van der Waals surface area contributed by atoms with E-state index in [2.05, 4.69) is 19.2 Å². The first-order valence-corrected chi connectivity index (χ1v) is 25.5. The fourth-order valence-electron chi connectivity index (χ4n) is 7.15. The molecule has 0 radical (unpaired) electrons. The molecular weight excluding hydrogens is 719 g/mol. The number of likely N-dealkylation sites (N-methyl/N-ethyl adjacent to an activating group) is 1. The highest BCUT2D eigenvalue weighted by Crippen LogP contribution is 2.38. The third kappa shape index (κ3) is 41.4. The van der Waals surface area contributed by atoms with Gasteiger partial charge in [-0.3, -0.25) is 9.36 Å². The van der Waals surface area contributed by atoms with Crippen LogP contribution in [0.15, 0.2) is 12.2 Å². The Hall–Kier alpha value is -0.760. The second-order valence-electron chi connectivity index (χ2n) is 17.8. The fraction of sp³-hybridized carbons (Fsp3) is 0.936. The second-order valence-corrected chi connectivity index (χ2v) is 19.2. The van der Waals surface area contributed by atoms with Crippen LogP contribution in [-0.2, 0) is 18.4 Å². The van der Waals surface area contributed by atoms with Crippen LogP contribution in [0.2, 0.25) is 0 Å². The van der Waals surface area contributed by atoms with Gasteiger partial charge < -0.3 is 28.8 Å². The van der Waals surface area contributed by atoms with Crippen molar-refractivity contribution in [3.05, 3.63) is 12.2 Å². The average Bonchev–Trinajstić information content (AvgIpc) is 3.15. The molecule has 0 aliphatic rings. The Morgan fingerprint density at radius 2 is 0.964 bits per heavy atom. The zero-order valence-electron chi connectivity index (χ0n) is 37.9. The Labute approximate surface area is 348 Å². The lowest BCUT2D eigenvalue weighted by molar-refractivity contribution is -0.870. The van der Waals surface area contributed by atoms with Crippen LogP contribution < -0.4 is 10.2 Å². The molecule has 0 saturated carbocycles. The minimum absolute atomic E-state index is 0.00218. The number of unbranched alkanes of at least 4 members (excludes halogenated alkanes) is 31. The van der Waals surface area contributed by atoms with Crippen molar-refractivity contribution in [1.82, 2.24) is 5.32 Å². The summed E-state index contributed by atoms with van der Waals surface area (Å²) in [5.74, 6) is -0.194. The van der Waals surface area contributed by atoms with Crippen molar-refractivity contribution in [3.8, 4) is 0 Å². The van der Waals surface area contributed by atoms with E-state index in [1.807, 2.05) is 27.2 Å². The Bertz CT molecular complexity index is 927. The topological polar surface area (TPSA) is 108 Å². The summed E-state index contributed by atoms with van der Waals surface area (Å²) in [6.45, 7) is 4.66. The van der Waals surface area contributed by atoms with Crippen LogP contribution >= 0.6 is 7.82 Å². The van der Waals surface area contributed by atoms with Gasteiger partial charge in [-0.1, -0.05) is 219 Å². The zero-order valence-corrected chi connectivity index (χ0v) is 38.7. The molecule has 0 spiro atoms. The number of phosphoric ester groups is 1. The maximum Gasteiger partial charge on any atom is 0.268 e. The first-order valence-electron chi connectivity index (χ1n) is 24.1. The van der Waals surface area contributed by atoms with E-state index in [0.29, 0.717) is 17.4 Å². The number of aliphatic hydroxyl groups excluding tert-OH is 1. The summed E-state index contributed by atoms with van der Waals surface area (Å²) in [6.07, 6.45) is 45.4. The summed E-state index contributed by atoms with van der Waals surface area (Å²) in [7, 11) is 1.27. The van der Waals surface area contributed by atoms with Crippen LogP contribution in [0, 0.1) is 0 Å². The lowest BCUT2D eigenvalue weighted by atomic mass is 10.0. The number of nitrogens with one attached hydrogen (secondary N) is 1. The number of phosphoric acid groups is 1. The monoisotopic (exact) mass is 815 g/mol. The summed E-state index contributed by atoms with van der Waals surface area (Å²) in [6, 6.07) is -0.879. The van der Waals surface area contributed by atoms with Gasteiger partial charge in [0.1, 0.15) is 13.2 Å². The van der Waals surface area contributed by atoms with E-state index in [9.17, 15) is 19.4 Å². The minimum atomic E-state index is -4.58. The van der Waals surface area contributed by atoms with Gasteiger partial charge in [-0.25, -0.2) is 0 Å². The van der Waals surface area contributed by atoms with Gasteiger partial charge in [0.25, 0.3) is 7.82 Å². The first-order chi connectivity index (χ1) is 27.0. The van der Waals surface area contributed by atoms with Crippen molar-refractivity contribution < 1.29 is 32.9 Å². The minimum Gasteiger partial charge on any atom is -0.756 e. The van der Waals surface area contributed by atoms with Gasteiger partial charge in [-0.2, -0.15) is 0 Å². The number of quaternary nitrogens is 1. The van der Waals surface area contributed by atoms with Crippen LogP contribution in [0.5, 0.6) is 0 Å². The molecule has 0 aliphatic heterocycles. The third-order valence-electron chi connectivity index (χ3n) is 11.0. The quantitative estimate of drug-likeness (QED) is 0.0274. The van der Waals surface area contributed by atoms with Crippen LogP contribution in [0.1, 0.15) is 232 Å². The lowest BCUT2D eigenvalue weighted by Gasteiger charge is -2.29. The van der Waals surface area contributed by atoms with E-state index in [4.69, 9.17) is 9.05 Å². The second kappa shape index (κ2) is 39.7. The highest BCUT2D eigenvalue weighted by molar-refractivity contribution is 7.45. The molecule has 0 fully saturated rings. The molecule has 3 atom stereocenters. The van der Waals surface area contributed by atoms with Crippen LogP contribution in [0.4, 0.5) is 0 Å². The molecule has 1 amide bonds. The Balaban J connectivity index is 4.26. The maximum absolute atomic E-state index is 12.9. The van der Waals surface area contributed by atoms with Crippen molar-refractivity contribution in [2.45, 2.75) is 244 Å². The van der Waals surface area contributed by atoms with Gasteiger partial charge >= 0.3 is 0 Å². The number of carbonyl (C=O) groups is 1. The Morgan fingerprint density at radius 3 is 1.34 bits per heavy atom. The summed E-state index contributed by atoms with van der Waals surface area (Å²) >= 11 is 0. The SMILES string of the molecule is CCCCCCCCCCCCC/C=C/C(O)C(COP(=O)([O-])OCC[N+](C)(C)C)NC(=O)CCCCCCCCCCCCCCCCCCCCCCC. The zero-order chi connectivity index (χ0) is 41.4. The van der Waals surface area contributed by atoms with Gasteiger partial charge in [0.15, 0.2) is 0 Å². The molecule has 9 heteroatoms. The molecule has 0 aliphatic carbocycles. The Kier molecular flexibility index (Phi) is 39.1. The van der Waals surface area contributed by atoms with Crippen molar-refractivity contribution in [1.29, 1.82) is 0 Å². The van der Waals surface area contributed by atoms with Crippen LogP contribution in [0.3, 0.4) is 0 Å². The van der Waals surface area contributed by atoms with Crippen molar-refractivity contribution in [2.75, 3.05) is 40.9 Å². The van der Waals surface area contributed by atoms with Crippen LogP contribution in [0.25, 0.3) is 0 Å². The van der Waals surface area contributed by atoms with E-state index in [1.54, 1.807) is 6.08 Å². The van der Waals surface area contributed by atoms with E-state index >= 15 is 0 Å². The highest BCUT2D eigenvalue weighted by atomic mass is 31.2. The molecule has 0 aromatic heterocycles. The van der Waals surface area contributed by atoms with Gasteiger partial charge in [-0.15, -0.1) is 0 Å². The summed E-state index contributed by atoms with van der Waals surface area (Å²) < 4.78 is 23.2. The van der Waals surface area contributed by atoms with E-state index in [0.717, 1.165) is 38.5 Å². The number of hydrogen-bond donors (Lipinski definition) is 2. The normalized spacial score (nSPS) is 14.3. The smallest absolute Gasteiger partial charge is 0.268 e. The molecule has 2 N–H and O–H groups in total. The maximum atomic E-state index is 12.9. The molecule has 0 aromatic carbocycles. The third-order valence-corrected chi connectivity index (χ3v) is 12.0. The summed E-state index contributed by atoms with van der Waals surface area (Å²) in [5, 5.41) is 13.8. The number of amides is 1. The first kappa shape index (κ1) is 55.2. The number of aliphatic hydroxyl groups is 1. The van der Waals surface area contributed by atoms with Gasteiger partial charge in [0.2, 0.25) is 5.91 Å². The predicted octanol–water partition coefficient (Wildman–Crippen LogP) is 12.9.